The maximum absolute atomic E-state index is 11.1. The van der Waals surface area contributed by atoms with E-state index in [1.54, 1.807) is 6.26 Å². The molecule has 0 spiro atoms. The van der Waals surface area contributed by atoms with Crippen molar-refractivity contribution in [2.45, 2.75) is 44.7 Å². The quantitative estimate of drug-likeness (QED) is 0.805. The molecule has 3 atom stereocenters. The van der Waals surface area contributed by atoms with Crippen LogP contribution in [0.4, 0.5) is 0 Å². The van der Waals surface area contributed by atoms with Crippen LogP contribution in [0.5, 0.6) is 0 Å². The van der Waals surface area contributed by atoms with Gasteiger partial charge in [-0.15, -0.1) is 0 Å². The molecule has 1 aliphatic heterocycles. The van der Waals surface area contributed by atoms with Crippen molar-refractivity contribution in [2.75, 3.05) is 31.6 Å². The smallest absolute Gasteiger partial charge is 0.0309 e. The van der Waals surface area contributed by atoms with E-state index in [9.17, 15) is 4.21 Å². The first-order chi connectivity index (χ1) is 8.01. The highest BCUT2D eigenvalue weighted by Crippen LogP contribution is 2.41. The third-order valence-electron chi connectivity index (χ3n) is 4.31. The Morgan fingerprint density at radius 3 is 2.76 bits per heavy atom. The lowest BCUT2D eigenvalue weighted by molar-refractivity contribution is 0.0837. The van der Waals surface area contributed by atoms with Gasteiger partial charge in [-0.05, 0) is 45.6 Å². The molecule has 1 aliphatic carbocycles. The van der Waals surface area contributed by atoms with Gasteiger partial charge < -0.3 is 5.32 Å². The highest BCUT2D eigenvalue weighted by atomic mass is 32.2. The summed E-state index contributed by atoms with van der Waals surface area (Å²) in [6.45, 7) is 8.03. The molecule has 0 bridgehead atoms. The normalized spacial score (nSPS) is 37.0. The molecule has 17 heavy (non-hydrogen) atoms. The van der Waals surface area contributed by atoms with E-state index in [1.165, 1.54) is 12.8 Å². The number of hydrogen-bond acceptors (Lipinski definition) is 3. The molecule has 0 amide bonds. The van der Waals surface area contributed by atoms with E-state index in [4.69, 9.17) is 0 Å². The first-order valence-corrected chi connectivity index (χ1v) is 8.53. The van der Waals surface area contributed by atoms with Crippen LogP contribution in [0.1, 0.15) is 33.1 Å². The summed E-state index contributed by atoms with van der Waals surface area (Å²) in [6.07, 6.45) is 5.65. The Bertz CT molecular complexity index is 293. The lowest BCUT2D eigenvalue weighted by atomic mass is 9.91. The molecule has 0 aromatic heterocycles. The van der Waals surface area contributed by atoms with Crippen LogP contribution in [-0.2, 0) is 10.8 Å². The van der Waals surface area contributed by atoms with Crippen molar-refractivity contribution in [1.82, 2.24) is 10.2 Å². The Labute approximate surface area is 108 Å². The minimum absolute atomic E-state index is 0.331. The van der Waals surface area contributed by atoms with E-state index in [0.29, 0.717) is 11.6 Å². The average molecular weight is 258 g/mol. The number of nitrogens with one attached hydrogen (secondary N) is 1. The molecule has 0 aromatic rings. The second kappa shape index (κ2) is 5.37. The molecule has 0 radical (unpaired) electrons. The maximum Gasteiger partial charge on any atom is 0.0309 e. The van der Waals surface area contributed by atoms with Gasteiger partial charge in [0.2, 0.25) is 0 Å². The van der Waals surface area contributed by atoms with Gasteiger partial charge in [-0.3, -0.25) is 9.11 Å². The summed E-state index contributed by atoms with van der Waals surface area (Å²) in [4.78, 5) is 2.58. The molecule has 4 heteroatoms. The summed E-state index contributed by atoms with van der Waals surface area (Å²) in [5.74, 6) is 1.73. The summed E-state index contributed by atoms with van der Waals surface area (Å²) in [7, 11) is -0.639. The molecule has 2 fully saturated rings. The molecule has 2 rings (SSSR count). The van der Waals surface area contributed by atoms with E-state index in [0.717, 1.165) is 37.7 Å². The minimum atomic E-state index is -0.639. The zero-order valence-electron chi connectivity index (χ0n) is 11.4. The van der Waals surface area contributed by atoms with Crippen LogP contribution < -0.4 is 5.32 Å². The topological polar surface area (TPSA) is 32.3 Å². The molecule has 1 heterocycles. The predicted octanol–water partition coefficient (Wildman–Crippen LogP) is 1.22. The third-order valence-corrected chi connectivity index (χ3v) is 5.18. The zero-order chi connectivity index (χ0) is 12.5. The standard InChI is InChI=1S/C13H26N2OS/c1-11-9-14-13(2,12-5-6-12)10-15(11)7-4-8-17(3)16/h11-12,14H,4-10H2,1-3H3. The van der Waals surface area contributed by atoms with Gasteiger partial charge in [0.25, 0.3) is 0 Å². The van der Waals surface area contributed by atoms with Gasteiger partial charge in [-0.1, -0.05) is 0 Å². The lowest BCUT2D eigenvalue weighted by Crippen LogP contribution is -2.63. The van der Waals surface area contributed by atoms with Crippen LogP contribution in [0.25, 0.3) is 0 Å². The van der Waals surface area contributed by atoms with E-state index in [1.807, 2.05) is 0 Å². The van der Waals surface area contributed by atoms with E-state index < -0.39 is 10.8 Å². The van der Waals surface area contributed by atoms with Gasteiger partial charge in [0.15, 0.2) is 0 Å². The van der Waals surface area contributed by atoms with Crippen LogP contribution in [0.2, 0.25) is 0 Å². The largest absolute Gasteiger partial charge is 0.308 e. The molecule has 0 aromatic carbocycles. The second-order valence-corrected chi connectivity index (χ2v) is 7.58. The van der Waals surface area contributed by atoms with E-state index >= 15 is 0 Å². The van der Waals surface area contributed by atoms with Crippen molar-refractivity contribution in [3.05, 3.63) is 0 Å². The predicted molar refractivity (Wildman–Crippen MR) is 73.7 cm³/mol. The van der Waals surface area contributed by atoms with Crippen molar-refractivity contribution in [3.8, 4) is 0 Å². The van der Waals surface area contributed by atoms with E-state index in [-0.39, 0.29) is 0 Å². The summed E-state index contributed by atoms with van der Waals surface area (Å²) in [5, 5.41) is 3.73. The Morgan fingerprint density at radius 2 is 2.18 bits per heavy atom. The number of piperazine rings is 1. The van der Waals surface area contributed by atoms with Gasteiger partial charge >= 0.3 is 0 Å². The fourth-order valence-corrected chi connectivity index (χ4v) is 3.44. The van der Waals surface area contributed by atoms with Gasteiger partial charge in [0.05, 0.1) is 0 Å². The fourth-order valence-electron chi connectivity index (χ4n) is 2.91. The molecule has 3 nitrogen and oxygen atoms in total. The first kappa shape index (κ1) is 13.5. The summed E-state index contributed by atoms with van der Waals surface area (Å²) < 4.78 is 11.1. The van der Waals surface area contributed by atoms with Crippen LogP contribution in [0.3, 0.4) is 0 Å². The average Bonchev–Trinajstić information content (AvgIpc) is 3.07. The number of hydrogen-bond donors (Lipinski definition) is 1. The molecule has 100 valence electrons. The monoisotopic (exact) mass is 258 g/mol. The van der Waals surface area contributed by atoms with Crippen molar-refractivity contribution >= 4 is 10.8 Å². The highest BCUT2D eigenvalue weighted by molar-refractivity contribution is 7.84. The maximum atomic E-state index is 11.1. The molecule has 2 aliphatic rings. The lowest BCUT2D eigenvalue weighted by Gasteiger charge is -2.45. The summed E-state index contributed by atoms with van der Waals surface area (Å²) in [5.41, 5.74) is 0.331. The number of rotatable bonds is 5. The van der Waals surface area contributed by atoms with Crippen LogP contribution in [-0.4, -0.2) is 52.3 Å². The summed E-state index contributed by atoms with van der Waals surface area (Å²) in [6, 6.07) is 0.618. The SMILES string of the molecule is CC1CNC(C)(C2CC2)CN1CCCS(C)=O. The van der Waals surface area contributed by atoms with Gasteiger partial charge in [0, 0.05) is 47.5 Å². The second-order valence-electron chi connectivity index (χ2n) is 6.02. The molecule has 3 unspecified atom stereocenters. The Morgan fingerprint density at radius 1 is 1.47 bits per heavy atom. The Hall–Kier alpha value is 0.0700. The molecule has 1 N–H and O–H groups in total. The summed E-state index contributed by atoms with van der Waals surface area (Å²) >= 11 is 0. The molecule has 1 saturated carbocycles. The van der Waals surface area contributed by atoms with Crippen molar-refractivity contribution in [1.29, 1.82) is 0 Å². The van der Waals surface area contributed by atoms with Gasteiger partial charge in [-0.2, -0.15) is 0 Å². The van der Waals surface area contributed by atoms with Crippen LogP contribution in [0, 0.1) is 5.92 Å². The van der Waals surface area contributed by atoms with E-state index in [2.05, 4.69) is 24.1 Å². The number of nitrogens with zero attached hydrogens (tertiary/aromatic N) is 1. The Kier molecular flexibility index (Phi) is 4.26. The fraction of sp³-hybridized carbons (Fsp3) is 1.00. The van der Waals surface area contributed by atoms with Crippen LogP contribution in [0.15, 0.2) is 0 Å². The molecule has 1 saturated heterocycles. The first-order valence-electron chi connectivity index (χ1n) is 6.80. The molecular formula is C13H26N2OS. The van der Waals surface area contributed by atoms with Gasteiger partial charge in [-0.25, -0.2) is 0 Å². The van der Waals surface area contributed by atoms with Crippen molar-refractivity contribution < 1.29 is 4.21 Å². The van der Waals surface area contributed by atoms with Crippen molar-refractivity contribution in [3.63, 3.8) is 0 Å². The minimum Gasteiger partial charge on any atom is -0.308 e. The third kappa shape index (κ3) is 3.52. The Balaban J connectivity index is 1.84. The molecular weight excluding hydrogens is 232 g/mol. The highest BCUT2D eigenvalue weighted by Gasteiger charge is 2.44. The van der Waals surface area contributed by atoms with Crippen LogP contribution >= 0.6 is 0 Å². The van der Waals surface area contributed by atoms with Crippen molar-refractivity contribution in [2.24, 2.45) is 5.92 Å². The van der Waals surface area contributed by atoms with Gasteiger partial charge in [0.1, 0.15) is 0 Å². The zero-order valence-corrected chi connectivity index (χ0v) is 12.2.